The number of aryl methyl sites for hydroxylation is 1. The third-order valence-corrected chi connectivity index (χ3v) is 6.17. The van der Waals surface area contributed by atoms with Crippen molar-refractivity contribution >= 4 is 26.9 Å². The summed E-state index contributed by atoms with van der Waals surface area (Å²) in [6.07, 6.45) is 0.488. The van der Waals surface area contributed by atoms with Crippen LogP contribution in [0.5, 0.6) is 0 Å². The summed E-state index contributed by atoms with van der Waals surface area (Å²) in [5.41, 5.74) is 9.45. The number of nitrogen functional groups attached to an aromatic ring is 1. The van der Waals surface area contributed by atoms with Crippen molar-refractivity contribution in [2.45, 2.75) is 36.8 Å². The van der Waals surface area contributed by atoms with E-state index in [4.69, 9.17) is 5.73 Å². The second-order valence-electron chi connectivity index (χ2n) is 6.62. The Balaban J connectivity index is 1.65. The van der Waals surface area contributed by atoms with Gasteiger partial charge in [-0.2, -0.15) is 5.10 Å². The number of pyridine rings is 1. The number of aliphatic hydroxyl groups excluding tert-OH is 1. The Bertz CT molecular complexity index is 1090. The molecule has 0 unspecified atom stereocenters. The molecule has 0 radical (unpaired) electrons. The van der Waals surface area contributed by atoms with Gasteiger partial charge in [-0.25, -0.2) is 18.1 Å². The molecule has 1 fully saturated rings. The Hall–Kier alpha value is -2.49. The van der Waals surface area contributed by atoms with E-state index in [9.17, 15) is 13.5 Å². The quantitative estimate of drug-likeness (QED) is 0.545. The Morgan fingerprint density at radius 3 is 2.73 bits per heavy atom. The summed E-state index contributed by atoms with van der Waals surface area (Å²) in [6, 6.07) is 8.40. The van der Waals surface area contributed by atoms with Crippen LogP contribution in [0.25, 0.3) is 22.3 Å². The molecule has 8 nitrogen and oxygen atoms in total. The fourth-order valence-corrected chi connectivity index (χ4v) is 4.48. The predicted molar refractivity (Wildman–Crippen MR) is 97.8 cm³/mol. The molecule has 2 heterocycles. The fraction of sp³-hybridized carbons (Fsp3) is 0.294. The third-order valence-electron chi connectivity index (χ3n) is 4.65. The van der Waals surface area contributed by atoms with Crippen LogP contribution in [0.2, 0.25) is 0 Å². The number of fused-ring (bicyclic) bond motifs is 1. The molecule has 9 heteroatoms. The first-order valence-electron chi connectivity index (χ1n) is 8.25. The van der Waals surface area contributed by atoms with Gasteiger partial charge in [0.25, 0.3) is 0 Å². The van der Waals surface area contributed by atoms with Crippen LogP contribution >= 0.6 is 0 Å². The van der Waals surface area contributed by atoms with Crippen LogP contribution in [-0.4, -0.2) is 40.9 Å². The van der Waals surface area contributed by atoms with E-state index < -0.39 is 16.1 Å². The average molecular weight is 373 g/mol. The standard InChI is InChI=1S/C17H19N5O3S/c1-9-6-12(26(24,25)22-10-7-11(23)8-10)2-3-13(9)14-4-5-15-16(19-14)17(18)21-20-15/h2-6,10-11,22-23H,7-8H2,1H3,(H3,18,20,21)/t10-,11-. The molecule has 1 aliphatic rings. The molecule has 1 aliphatic carbocycles. The van der Waals surface area contributed by atoms with Crippen LogP contribution in [0.1, 0.15) is 18.4 Å². The molecule has 26 heavy (non-hydrogen) atoms. The van der Waals surface area contributed by atoms with E-state index in [2.05, 4.69) is 19.9 Å². The van der Waals surface area contributed by atoms with Gasteiger partial charge in [0.1, 0.15) is 5.52 Å². The van der Waals surface area contributed by atoms with Crippen LogP contribution in [0.4, 0.5) is 5.82 Å². The maximum atomic E-state index is 12.5. The SMILES string of the molecule is Cc1cc(S(=O)(=O)N[C@H]2C[C@H](O)C2)ccc1-c1ccc2[nH]nc(N)c2n1. The van der Waals surface area contributed by atoms with Gasteiger partial charge < -0.3 is 10.8 Å². The summed E-state index contributed by atoms with van der Waals surface area (Å²) in [7, 11) is -3.61. The van der Waals surface area contributed by atoms with Crippen LogP contribution < -0.4 is 10.5 Å². The molecule has 0 saturated heterocycles. The van der Waals surface area contributed by atoms with Gasteiger partial charge >= 0.3 is 0 Å². The lowest BCUT2D eigenvalue weighted by Gasteiger charge is -2.31. The van der Waals surface area contributed by atoms with Crippen LogP contribution in [0.3, 0.4) is 0 Å². The highest BCUT2D eigenvalue weighted by Crippen LogP contribution is 2.28. The second-order valence-corrected chi connectivity index (χ2v) is 8.34. The maximum Gasteiger partial charge on any atom is 0.240 e. The number of nitrogens with two attached hydrogens (primary N) is 1. The van der Waals surface area contributed by atoms with E-state index in [1.165, 1.54) is 0 Å². The third kappa shape index (κ3) is 2.94. The Morgan fingerprint density at radius 1 is 1.27 bits per heavy atom. The first kappa shape index (κ1) is 17.0. The normalized spacial score (nSPS) is 20.2. The zero-order chi connectivity index (χ0) is 18.5. The van der Waals surface area contributed by atoms with Crippen molar-refractivity contribution in [1.29, 1.82) is 0 Å². The van der Waals surface area contributed by atoms with Gasteiger partial charge in [0.05, 0.1) is 22.2 Å². The molecule has 1 saturated carbocycles. The largest absolute Gasteiger partial charge is 0.393 e. The van der Waals surface area contributed by atoms with Gasteiger partial charge in [0.2, 0.25) is 10.0 Å². The number of aliphatic hydroxyl groups is 1. The highest BCUT2D eigenvalue weighted by atomic mass is 32.2. The number of sulfonamides is 1. The van der Waals surface area contributed by atoms with Gasteiger partial charge in [-0.3, -0.25) is 5.10 Å². The van der Waals surface area contributed by atoms with Crippen LogP contribution in [0.15, 0.2) is 35.2 Å². The number of hydrogen-bond donors (Lipinski definition) is 4. The summed E-state index contributed by atoms with van der Waals surface area (Å²) in [4.78, 5) is 4.72. The zero-order valence-electron chi connectivity index (χ0n) is 14.1. The van der Waals surface area contributed by atoms with Gasteiger partial charge in [-0.1, -0.05) is 6.07 Å². The summed E-state index contributed by atoms with van der Waals surface area (Å²) < 4.78 is 27.6. The monoisotopic (exact) mass is 373 g/mol. The fourth-order valence-electron chi connectivity index (χ4n) is 3.13. The summed E-state index contributed by atoms with van der Waals surface area (Å²) in [6.45, 7) is 1.84. The molecule has 0 aliphatic heterocycles. The van der Waals surface area contributed by atoms with Gasteiger partial charge in [-0.05, 0) is 49.6 Å². The van der Waals surface area contributed by atoms with Crippen molar-refractivity contribution in [2.24, 2.45) is 0 Å². The maximum absolute atomic E-state index is 12.5. The molecular formula is C17H19N5O3S. The van der Waals surface area contributed by atoms with Crippen molar-refractivity contribution < 1.29 is 13.5 Å². The highest BCUT2D eigenvalue weighted by Gasteiger charge is 2.31. The molecule has 5 N–H and O–H groups in total. The topological polar surface area (TPSA) is 134 Å². The molecule has 0 atom stereocenters. The van der Waals surface area contributed by atoms with Gasteiger partial charge in [-0.15, -0.1) is 0 Å². The Labute approximate surface area is 150 Å². The van der Waals surface area contributed by atoms with Crippen molar-refractivity contribution in [3.8, 4) is 11.3 Å². The molecule has 0 bridgehead atoms. The van der Waals surface area contributed by atoms with Crippen LogP contribution in [-0.2, 0) is 10.0 Å². The van der Waals surface area contributed by atoms with Crippen molar-refractivity contribution in [3.63, 3.8) is 0 Å². The van der Waals surface area contributed by atoms with Crippen molar-refractivity contribution in [2.75, 3.05) is 5.73 Å². The summed E-state index contributed by atoms with van der Waals surface area (Å²) >= 11 is 0. The number of nitrogens with one attached hydrogen (secondary N) is 2. The van der Waals surface area contributed by atoms with Gasteiger partial charge in [0, 0.05) is 11.6 Å². The minimum absolute atomic E-state index is 0.198. The number of aromatic amines is 1. The van der Waals surface area contributed by atoms with E-state index in [1.54, 1.807) is 18.2 Å². The highest BCUT2D eigenvalue weighted by molar-refractivity contribution is 7.89. The minimum Gasteiger partial charge on any atom is -0.393 e. The average Bonchev–Trinajstić information content (AvgIpc) is 2.94. The summed E-state index contributed by atoms with van der Waals surface area (Å²) in [5, 5.41) is 16.0. The van der Waals surface area contributed by atoms with E-state index in [1.807, 2.05) is 19.1 Å². The lowest BCUT2D eigenvalue weighted by molar-refractivity contribution is 0.0712. The number of nitrogens with zero attached hydrogens (tertiary/aromatic N) is 2. The van der Waals surface area contributed by atoms with Gasteiger partial charge in [0.15, 0.2) is 5.82 Å². The number of benzene rings is 1. The molecule has 1 aromatic carbocycles. The molecule has 0 amide bonds. The number of hydrogen-bond acceptors (Lipinski definition) is 6. The zero-order valence-corrected chi connectivity index (χ0v) is 14.9. The Morgan fingerprint density at radius 2 is 2.04 bits per heavy atom. The minimum atomic E-state index is -3.61. The molecule has 2 aromatic heterocycles. The summed E-state index contributed by atoms with van der Waals surface area (Å²) in [5.74, 6) is 0.325. The molecule has 4 rings (SSSR count). The number of anilines is 1. The van der Waals surface area contributed by atoms with E-state index in [0.29, 0.717) is 29.9 Å². The molecule has 3 aromatic rings. The van der Waals surface area contributed by atoms with E-state index in [-0.39, 0.29) is 10.9 Å². The number of H-pyrrole nitrogens is 1. The molecule has 136 valence electrons. The van der Waals surface area contributed by atoms with Crippen molar-refractivity contribution in [1.82, 2.24) is 19.9 Å². The molecule has 0 spiro atoms. The number of aromatic nitrogens is 3. The smallest absolute Gasteiger partial charge is 0.240 e. The van der Waals surface area contributed by atoms with E-state index >= 15 is 0 Å². The number of rotatable bonds is 4. The lowest BCUT2D eigenvalue weighted by Crippen LogP contribution is -2.46. The van der Waals surface area contributed by atoms with Crippen LogP contribution in [0, 0.1) is 6.92 Å². The van der Waals surface area contributed by atoms with E-state index in [0.717, 1.165) is 16.6 Å². The Kier molecular flexibility index (Phi) is 3.94. The second kappa shape index (κ2) is 6.04. The van der Waals surface area contributed by atoms with Crippen molar-refractivity contribution in [3.05, 3.63) is 35.9 Å². The predicted octanol–water partition coefficient (Wildman–Crippen LogP) is 1.32. The lowest BCUT2D eigenvalue weighted by atomic mass is 9.91. The molecular weight excluding hydrogens is 354 g/mol. The first-order valence-corrected chi connectivity index (χ1v) is 9.74. The first-order chi connectivity index (χ1) is 12.3.